The fraction of sp³-hybridized carbons (Fsp3) is 0.0909. The standard InChI is InChI=1S/C22H18F2N2O3/c23-18-11-10-16(12-19(18)24)26-21(27)13-25-22(28)14-29-20-9-5-4-8-17(20)15-6-2-1-3-7-15/h1-12H,13-14H2,(H,25,28)(H,26,27). The van der Waals surface area contributed by atoms with Gasteiger partial charge in [0.05, 0.1) is 6.54 Å². The molecule has 0 spiro atoms. The Morgan fingerprint density at radius 3 is 2.31 bits per heavy atom. The summed E-state index contributed by atoms with van der Waals surface area (Å²) < 4.78 is 31.6. The van der Waals surface area contributed by atoms with Crippen LogP contribution in [0.3, 0.4) is 0 Å². The Labute approximate surface area is 166 Å². The van der Waals surface area contributed by atoms with Crippen LogP contribution in [0.4, 0.5) is 14.5 Å². The van der Waals surface area contributed by atoms with Gasteiger partial charge >= 0.3 is 0 Å². The molecule has 0 saturated carbocycles. The number of amides is 2. The largest absolute Gasteiger partial charge is 0.483 e. The highest BCUT2D eigenvalue weighted by atomic mass is 19.2. The van der Waals surface area contributed by atoms with Crippen molar-refractivity contribution < 1.29 is 23.1 Å². The summed E-state index contributed by atoms with van der Waals surface area (Å²) in [6.07, 6.45) is 0. The van der Waals surface area contributed by atoms with Crippen molar-refractivity contribution in [1.82, 2.24) is 5.32 Å². The minimum atomic E-state index is -1.07. The first-order valence-electron chi connectivity index (χ1n) is 8.82. The number of halogens is 2. The molecule has 148 valence electrons. The van der Waals surface area contributed by atoms with Crippen LogP contribution in [0.15, 0.2) is 72.8 Å². The molecule has 3 rings (SSSR count). The van der Waals surface area contributed by atoms with Gasteiger partial charge in [0.2, 0.25) is 5.91 Å². The number of hydrogen-bond acceptors (Lipinski definition) is 3. The zero-order chi connectivity index (χ0) is 20.6. The zero-order valence-corrected chi connectivity index (χ0v) is 15.3. The van der Waals surface area contributed by atoms with Gasteiger partial charge in [-0.25, -0.2) is 8.78 Å². The Hall–Kier alpha value is -3.74. The molecule has 0 aliphatic rings. The lowest BCUT2D eigenvalue weighted by atomic mass is 10.1. The predicted octanol–water partition coefficient (Wildman–Crippen LogP) is 3.77. The Balaban J connectivity index is 1.50. The van der Waals surface area contributed by atoms with Crippen molar-refractivity contribution in [3.05, 3.63) is 84.4 Å². The van der Waals surface area contributed by atoms with Crippen molar-refractivity contribution in [3.8, 4) is 16.9 Å². The summed E-state index contributed by atoms with van der Waals surface area (Å²) in [6.45, 7) is -0.607. The van der Waals surface area contributed by atoms with E-state index in [-0.39, 0.29) is 18.8 Å². The smallest absolute Gasteiger partial charge is 0.258 e. The molecule has 5 nitrogen and oxygen atoms in total. The molecule has 0 aliphatic heterocycles. The average Bonchev–Trinajstić information content (AvgIpc) is 2.74. The molecule has 0 atom stereocenters. The highest BCUT2D eigenvalue weighted by Crippen LogP contribution is 2.29. The van der Waals surface area contributed by atoms with Gasteiger partial charge in [0.1, 0.15) is 5.75 Å². The predicted molar refractivity (Wildman–Crippen MR) is 105 cm³/mol. The Morgan fingerprint density at radius 1 is 0.828 bits per heavy atom. The van der Waals surface area contributed by atoms with Crippen LogP contribution in [0.5, 0.6) is 5.75 Å². The number of para-hydroxylation sites is 1. The second-order valence-electron chi connectivity index (χ2n) is 6.10. The summed E-state index contributed by atoms with van der Waals surface area (Å²) in [5, 5.41) is 4.78. The second kappa shape index (κ2) is 9.45. The zero-order valence-electron chi connectivity index (χ0n) is 15.3. The Kier molecular flexibility index (Phi) is 6.52. The van der Waals surface area contributed by atoms with Crippen molar-refractivity contribution in [3.63, 3.8) is 0 Å². The van der Waals surface area contributed by atoms with Crippen LogP contribution in [-0.4, -0.2) is 25.0 Å². The summed E-state index contributed by atoms with van der Waals surface area (Å²) in [5.41, 5.74) is 1.89. The minimum absolute atomic E-state index is 0.0937. The first kappa shape index (κ1) is 20.0. The van der Waals surface area contributed by atoms with Gasteiger partial charge in [0.25, 0.3) is 5.91 Å². The molecule has 29 heavy (non-hydrogen) atoms. The van der Waals surface area contributed by atoms with Gasteiger partial charge in [0.15, 0.2) is 18.2 Å². The third kappa shape index (κ3) is 5.62. The van der Waals surface area contributed by atoms with Gasteiger partial charge in [-0.15, -0.1) is 0 Å². The molecule has 0 heterocycles. The molecular weight excluding hydrogens is 378 g/mol. The van der Waals surface area contributed by atoms with E-state index in [1.54, 1.807) is 12.1 Å². The SMILES string of the molecule is O=C(COc1ccccc1-c1ccccc1)NCC(=O)Nc1ccc(F)c(F)c1. The van der Waals surface area contributed by atoms with Crippen molar-refractivity contribution in [2.75, 3.05) is 18.5 Å². The highest BCUT2D eigenvalue weighted by Gasteiger charge is 2.10. The quantitative estimate of drug-likeness (QED) is 0.639. The van der Waals surface area contributed by atoms with Crippen LogP contribution in [0.1, 0.15) is 0 Å². The van der Waals surface area contributed by atoms with E-state index in [2.05, 4.69) is 10.6 Å². The first-order chi connectivity index (χ1) is 14.0. The second-order valence-corrected chi connectivity index (χ2v) is 6.10. The molecule has 0 aliphatic carbocycles. The number of ether oxygens (including phenoxy) is 1. The average molecular weight is 396 g/mol. The molecule has 0 fully saturated rings. The van der Waals surface area contributed by atoms with Crippen molar-refractivity contribution in [2.24, 2.45) is 0 Å². The molecule has 0 radical (unpaired) electrons. The maximum Gasteiger partial charge on any atom is 0.258 e. The summed E-state index contributed by atoms with van der Waals surface area (Å²) in [7, 11) is 0. The van der Waals surface area contributed by atoms with Crippen LogP contribution in [-0.2, 0) is 9.59 Å². The van der Waals surface area contributed by atoms with Gasteiger partial charge in [-0.1, -0.05) is 48.5 Å². The van der Waals surface area contributed by atoms with Gasteiger partial charge < -0.3 is 15.4 Å². The fourth-order valence-corrected chi connectivity index (χ4v) is 2.60. The van der Waals surface area contributed by atoms with E-state index in [0.29, 0.717) is 5.75 Å². The van der Waals surface area contributed by atoms with Gasteiger partial charge in [-0.2, -0.15) is 0 Å². The number of carbonyl (C=O) groups excluding carboxylic acids is 2. The summed E-state index contributed by atoms with van der Waals surface area (Å²) in [6, 6.07) is 19.9. The molecule has 7 heteroatoms. The van der Waals surface area contributed by atoms with Gasteiger partial charge in [-0.05, 0) is 23.8 Å². The topological polar surface area (TPSA) is 67.4 Å². The molecule has 2 amide bonds. The Bertz CT molecular complexity index is 1010. The number of hydrogen-bond donors (Lipinski definition) is 2. The van der Waals surface area contributed by atoms with E-state index in [4.69, 9.17) is 4.74 Å². The maximum atomic E-state index is 13.1. The van der Waals surface area contributed by atoms with Crippen LogP contribution >= 0.6 is 0 Å². The lowest BCUT2D eigenvalue weighted by Gasteiger charge is -2.12. The third-order valence-electron chi connectivity index (χ3n) is 3.98. The highest BCUT2D eigenvalue weighted by molar-refractivity contribution is 5.94. The first-order valence-corrected chi connectivity index (χ1v) is 8.82. The maximum absolute atomic E-state index is 13.1. The van der Waals surface area contributed by atoms with E-state index in [1.165, 1.54) is 6.07 Å². The summed E-state index contributed by atoms with van der Waals surface area (Å²) in [5.74, 6) is -2.61. The van der Waals surface area contributed by atoms with E-state index in [0.717, 1.165) is 23.3 Å². The monoisotopic (exact) mass is 396 g/mol. The molecule has 2 N–H and O–H groups in total. The molecule has 0 saturated heterocycles. The minimum Gasteiger partial charge on any atom is -0.483 e. The van der Waals surface area contributed by atoms with Crippen molar-refractivity contribution in [1.29, 1.82) is 0 Å². The van der Waals surface area contributed by atoms with E-state index in [9.17, 15) is 18.4 Å². The lowest BCUT2D eigenvalue weighted by Crippen LogP contribution is -2.35. The van der Waals surface area contributed by atoms with Crippen LogP contribution in [0.2, 0.25) is 0 Å². The summed E-state index contributed by atoms with van der Waals surface area (Å²) >= 11 is 0. The summed E-state index contributed by atoms with van der Waals surface area (Å²) in [4.78, 5) is 23.8. The third-order valence-corrected chi connectivity index (χ3v) is 3.98. The van der Waals surface area contributed by atoms with Crippen molar-refractivity contribution >= 4 is 17.5 Å². The number of carbonyl (C=O) groups is 2. The van der Waals surface area contributed by atoms with Crippen LogP contribution in [0.25, 0.3) is 11.1 Å². The van der Waals surface area contributed by atoms with E-state index >= 15 is 0 Å². The lowest BCUT2D eigenvalue weighted by molar-refractivity contribution is -0.125. The fourth-order valence-electron chi connectivity index (χ4n) is 2.60. The number of nitrogens with one attached hydrogen (secondary N) is 2. The molecule has 0 unspecified atom stereocenters. The number of anilines is 1. The molecular formula is C22H18F2N2O3. The van der Waals surface area contributed by atoms with E-state index in [1.807, 2.05) is 42.5 Å². The molecule has 3 aromatic carbocycles. The molecule has 0 aromatic heterocycles. The van der Waals surface area contributed by atoms with Crippen LogP contribution < -0.4 is 15.4 Å². The Morgan fingerprint density at radius 2 is 1.55 bits per heavy atom. The van der Waals surface area contributed by atoms with Crippen molar-refractivity contribution in [2.45, 2.75) is 0 Å². The number of benzene rings is 3. The van der Waals surface area contributed by atoms with Crippen LogP contribution in [0, 0.1) is 11.6 Å². The normalized spacial score (nSPS) is 10.3. The molecule has 0 bridgehead atoms. The molecule has 3 aromatic rings. The number of rotatable bonds is 7. The van der Waals surface area contributed by atoms with E-state index < -0.39 is 23.4 Å². The van der Waals surface area contributed by atoms with Gasteiger partial charge in [-0.3, -0.25) is 9.59 Å². The van der Waals surface area contributed by atoms with Gasteiger partial charge in [0, 0.05) is 17.3 Å².